The molecule has 3 N–H and O–H groups in total. The van der Waals surface area contributed by atoms with Gasteiger partial charge in [0, 0.05) is 18.2 Å². The van der Waals surface area contributed by atoms with E-state index in [-0.39, 0.29) is 5.75 Å². The molecular formula is C14H14BrNO2. The summed E-state index contributed by atoms with van der Waals surface area (Å²) in [5.74, 6) is 0.761. The van der Waals surface area contributed by atoms with Gasteiger partial charge in [0.2, 0.25) is 0 Å². The fraction of sp³-hybridized carbons (Fsp3) is 0.143. The fourth-order valence-corrected chi connectivity index (χ4v) is 2.10. The number of phenolic OH excluding ortho intramolecular Hbond substituents is 1. The normalized spacial score (nSPS) is 10.3. The van der Waals surface area contributed by atoms with Crippen molar-refractivity contribution in [1.82, 2.24) is 0 Å². The van der Waals surface area contributed by atoms with Crippen LogP contribution in [0.25, 0.3) is 0 Å². The maximum absolute atomic E-state index is 9.73. The summed E-state index contributed by atoms with van der Waals surface area (Å²) in [7, 11) is 0. The lowest BCUT2D eigenvalue weighted by molar-refractivity contribution is 0.302. The van der Waals surface area contributed by atoms with E-state index in [9.17, 15) is 5.11 Å². The summed E-state index contributed by atoms with van der Waals surface area (Å²) in [6, 6.07) is 13.2. The Balaban J connectivity index is 2.13. The van der Waals surface area contributed by atoms with Crippen molar-refractivity contribution >= 4 is 15.9 Å². The topological polar surface area (TPSA) is 55.5 Å². The van der Waals surface area contributed by atoms with E-state index in [0.29, 0.717) is 24.5 Å². The van der Waals surface area contributed by atoms with Gasteiger partial charge in [-0.05, 0) is 27.6 Å². The average Bonchev–Trinajstić information content (AvgIpc) is 2.40. The molecule has 0 bridgehead atoms. The van der Waals surface area contributed by atoms with E-state index >= 15 is 0 Å². The third-order valence-corrected chi connectivity index (χ3v) is 3.21. The van der Waals surface area contributed by atoms with Crippen LogP contribution in [0.5, 0.6) is 11.5 Å². The Bertz CT molecular complexity index is 529. The van der Waals surface area contributed by atoms with Crippen LogP contribution in [0, 0.1) is 0 Å². The van der Waals surface area contributed by atoms with Gasteiger partial charge >= 0.3 is 0 Å². The van der Waals surface area contributed by atoms with Crippen LogP contribution >= 0.6 is 15.9 Å². The predicted molar refractivity (Wildman–Crippen MR) is 74.5 cm³/mol. The molecule has 0 saturated heterocycles. The van der Waals surface area contributed by atoms with Crippen molar-refractivity contribution in [3.05, 3.63) is 58.1 Å². The third kappa shape index (κ3) is 3.03. The molecule has 0 saturated carbocycles. The van der Waals surface area contributed by atoms with Gasteiger partial charge in [-0.3, -0.25) is 0 Å². The molecular weight excluding hydrogens is 294 g/mol. The number of rotatable bonds is 4. The number of hydrogen-bond acceptors (Lipinski definition) is 3. The summed E-state index contributed by atoms with van der Waals surface area (Å²) in [4.78, 5) is 0. The molecule has 0 radical (unpaired) electrons. The highest BCUT2D eigenvalue weighted by Gasteiger charge is 2.07. The van der Waals surface area contributed by atoms with Crippen molar-refractivity contribution in [1.29, 1.82) is 0 Å². The van der Waals surface area contributed by atoms with Gasteiger partial charge in [0.1, 0.15) is 18.1 Å². The van der Waals surface area contributed by atoms with E-state index in [1.54, 1.807) is 12.1 Å². The lowest BCUT2D eigenvalue weighted by Crippen LogP contribution is -1.99. The lowest BCUT2D eigenvalue weighted by Gasteiger charge is -2.11. The maximum Gasteiger partial charge on any atom is 0.137 e. The molecule has 0 spiro atoms. The second-order valence-electron chi connectivity index (χ2n) is 3.89. The minimum absolute atomic E-state index is 0.156. The molecule has 0 fully saturated rings. The van der Waals surface area contributed by atoms with Gasteiger partial charge in [-0.15, -0.1) is 0 Å². The van der Waals surface area contributed by atoms with Crippen molar-refractivity contribution in [2.24, 2.45) is 5.73 Å². The van der Waals surface area contributed by atoms with Gasteiger partial charge in [-0.2, -0.15) is 0 Å². The Labute approximate surface area is 114 Å². The first-order valence-corrected chi connectivity index (χ1v) is 6.38. The van der Waals surface area contributed by atoms with Crippen molar-refractivity contribution in [3.8, 4) is 11.5 Å². The number of ether oxygens (including phenoxy) is 1. The molecule has 4 heteroatoms. The van der Waals surface area contributed by atoms with Crippen LogP contribution in [-0.2, 0) is 13.2 Å². The molecule has 0 heterocycles. The molecule has 0 aliphatic heterocycles. The summed E-state index contributed by atoms with van der Waals surface area (Å²) < 4.78 is 6.44. The van der Waals surface area contributed by atoms with Crippen LogP contribution in [-0.4, -0.2) is 5.11 Å². The zero-order valence-corrected chi connectivity index (χ0v) is 11.4. The summed E-state index contributed by atoms with van der Waals surface area (Å²) in [6.45, 7) is 0.754. The van der Waals surface area contributed by atoms with Crippen LogP contribution in [0.4, 0.5) is 0 Å². The zero-order valence-electron chi connectivity index (χ0n) is 9.77. The van der Waals surface area contributed by atoms with Gasteiger partial charge in [0.05, 0.1) is 4.47 Å². The van der Waals surface area contributed by atoms with Gasteiger partial charge in [-0.1, -0.05) is 30.3 Å². The molecule has 2 aromatic rings. The van der Waals surface area contributed by atoms with Crippen LogP contribution in [0.3, 0.4) is 0 Å². The van der Waals surface area contributed by atoms with Crippen LogP contribution in [0.1, 0.15) is 11.1 Å². The highest BCUT2D eigenvalue weighted by Crippen LogP contribution is 2.32. The standard InChI is InChI=1S/C14H14BrNO2/c15-12-6-11(8-16)13(17)7-14(12)18-9-10-4-2-1-3-5-10/h1-7,17H,8-9,16H2. The zero-order chi connectivity index (χ0) is 13.0. The number of halogens is 1. The number of phenols is 1. The van der Waals surface area contributed by atoms with Crippen molar-refractivity contribution in [2.75, 3.05) is 0 Å². The number of benzene rings is 2. The monoisotopic (exact) mass is 307 g/mol. The quantitative estimate of drug-likeness (QED) is 0.912. The average molecular weight is 308 g/mol. The van der Waals surface area contributed by atoms with E-state index in [2.05, 4.69) is 15.9 Å². The molecule has 0 aliphatic rings. The van der Waals surface area contributed by atoms with Crippen LogP contribution in [0.15, 0.2) is 46.9 Å². The predicted octanol–water partition coefficient (Wildman–Crippen LogP) is 3.19. The Kier molecular flexibility index (Phi) is 4.23. The number of hydrogen-bond donors (Lipinski definition) is 2. The summed E-state index contributed by atoms with van der Waals surface area (Å²) in [6.07, 6.45) is 0. The first-order chi connectivity index (χ1) is 8.70. The molecule has 0 unspecified atom stereocenters. The minimum atomic E-state index is 0.156. The molecule has 18 heavy (non-hydrogen) atoms. The second-order valence-corrected chi connectivity index (χ2v) is 4.74. The van der Waals surface area contributed by atoms with Crippen molar-refractivity contribution in [2.45, 2.75) is 13.2 Å². The van der Waals surface area contributed by atoms with Gasteiger partial charge in [0.15, 0.2) is 0 Å². The first-order valence-electron chi connectivity index (χ1n) is 5.59. The van der Waals surface area contributed by atoms with Gasteiger partial charge < -0.3 is 15.6 Å². The molecule has 2 rings (SSSR count). The second kappa shape index (κ2) is 5.89. The fourth-order valence-electron chi connectivity index (χ4n) is 1.59. The summed E-state index contributed by atoms with van der Waals surface area (Å²) in [5, 5.41) is 9.73. The largest absolute Gasteiger partial charge is 0.507 e. The SMILES string of the molecule is NCc1cc(Br)c(OCc2ccccc2)cc1O. The molecule has 3 nitrogen and oxygen atoms in total. The van der Waals surface area contributed by atoms with E-state index in [0.717, 1.165) is 10.0 Å². The molecule has 0 atom stereocenters. The maximum atomic E-state index is 9.73. The molecule has 94 valence electrons. The highest BCUT2D eigenvalue weighted by molar-refractivity contribution is 9.10. The van der Waals surface area contributed by atoms with Crippen molar-refractivity contribution < 1.29 is 9.84 Å². The van der Waals surface area contributed by atoms with E-state index in [4.69, 9.17) is 10.5 Å². The van der Waals surface area contributed by atoms with Gasteiger partial charge in [0.25, 0.3) is 0 Å². The molecule has 0 aromatic heterocycles. The highest BCUT2D eigenvalue weighted by atomic mass is 79.9. The molecule has 2 aromatic carbocycles. The lowest BCUT2D eigenvalue weighted by atomic mass is 10.2. The minimum Gasteiger partial charge on any atom is -0.507 e. The van der Waals surface area contributed by atoms with E-state index < -0.39 is 0 Å². The summed E-state index contributed by atoms with van der Waals surface area (Å²) >= 11 is 3.40. The van der Waals surface area contributed by atoms with E-state index in [1.165, 1.54) is 0 Å². The Morgan fingerprint density at radius 3 is 2.56 bits per heavy atom. The number of nitrogens with two attached hydrogens (primary N) is 1. The Morgan fingerprint density at radius 1 is 1.17 bits per heavy atom. The summed E-state index contributed by atoms with van der Waals surface area (Å²) in [5.41, 5.74) is 7.28. The Morgan fingerprint density at radius 2 is 1.89 bits per heavy atom. The molecule has 0 aliphatic carbocycles. The molecule has 0 amide bonds. The van der Waals surface area contributed by atoms with Crippen LogP contribution in [0.2, 0.25) is 0 Å². The third-order valence-electron chi connectivity index (χ3n) is 2.59. The van der Waals surface area contributed by atoms with Gasteiger partial charge in [-0.25, -0.2) is 0 Å². The first kappa shape index (κ1) is 12.9. The van der Waals surface area contributed by atoms with Crippen LogP contribution < -0.4 is 10.5 Å². The van der Waals surface area contributed by atoms with E-state index in [1.807, 2.05) is 30.3 Å². The van der Waals surface area contributed by atoms with Crippen molar-refractivity contribution in [3.63, 3.8) is 0 Å². The smallest absolute Gasteiger partial charge is 0.137 e. The number of aromatic hydroxyl groups is 1. The Hall–Kier alpha value is -1.52.